The highest BCUT2D eigenvalue weighted by Crippen LogP contribution is 1.97. The first-order valence-corrected chi connectivity index (χ1v) is 3.99. The van der Waals surface area contributed by atoms with E-state index in [0.29, 0.717) is 0 Å². The Balaban J connectivity index is 2.73. The van der Waals surface area contributed by atoms with Crippen molar-refractivity contribution < 1.29 is 5.11 Å². The van der Waals surface area contributed by atoms with Crippen LogP contribution in [-0.2, 0) is 0 Å². The van der Waals surface area contributed by atoms with Gasteiger partial charge in [-0.05, 0) is 19.1 Å². The number of aliphatic hydroxyl groups is 1. The molecular weight excluding hydrogens is 164 g/mol. The summed E-state index contributed by atoms with van der Waals surface area (Å²) in [6.07, 6.45) is 1.71. The van der Waals surface area contributed by atoms with E-state index >= 15 is 0 Å². The van der Waals surface area contributed by atoms with Gasteiger partial charge in [-0.3, -0.25) is 9.98 Å². The lowest BCUT2D eigenvalue weighted by Crippen LogP contribution is -1.99. The molecule has 1 rings (SSSR count). The van der Waals surface area contributed by atoms with Gasteiger partial charge in [-0.25, -0.2) is 0 Å². The minimum absolute atomic E-state index is 0.0651. The molecule has 0 saturated heterocycles. The van der Waals surface area contributed by atoms with Crippen molar-refractivity contribution in [2.45, 2.75) is 6.92 Å². The van der Waals surface area contributed by atoms with Crippen molar-refractivity contribution in [1.82, 2.24) is 4.98 Å². The molecule has 0 aromatic carbocycles. The van der Waals surface area contributed by atoms with E-state index in [2.05, 4.69) is 16.6 Å². The molecule has 0 aliphatic carbocycles. The van der Waals surface area contributed by atoms with Crippen LogP contribution in [0.4, 0.5) is 0 Å². The number of nitrogens with zero attached hydrogens (tertiary/aromatic N) is 2. The van der Waals surface area contributed by atoms with Crippen LogP contribution in [0.15, 0.2) is 41.7 Å². The molecule has 0 aliphatic rings. The zero-order valence-corrected chi connectivity index (χ0v) is 7.57. The van der Waals surface area contributed by atoms with Crippen molar-refractivity contribution in [1.29, 1.82) is 0 Å². The average Bonchev–Trinajstić information content (AvgIpc) is 2.15. The fraction of sp³-hybridized carbons (Fsp3) is 0.200. The lowest BCUT2D eigenvalue weighted by Gasteiger charge is -1.98. The number of aliphatic hydroxyl groups excluding tert-OH is 1. The number of hydrogen-bond donors (Lipinski definition) is 1. The second-order valence-electron chi connectivity index (χ2n) is 2.68. The van der Waals surface area contributed by atoms with E-state index in [-0.39, 0.29) is 12.3 Å². The summed E-state index contributed by atoms with van der Waals surface area (Å²) in [5.74, 6) is 0.0651. The quantitative estimate of drug-likeness (QED) is 0.565. The Kier molecular flexibility index (Phi) is 3.20. The van der Waals surface area contributed by atoms with Gasteiger partial charge in [0.2, 0.25) is 0 Å². The van der Waals surface area contributed by atoms with E-state index in [1.807, 2.05) is 25.1 Å². The highest BCUT2D eigenvalue weighted by Gasteiger charge is 1.96. The van der Waals surface area contributed by atoms with Gasteiger partial charge in [0.25, 0.3) is 0 Å². The van der Waals surface area contributed by atoms with Crippen molar-refractivity contribution in [2.75, 3.05) is 6.54 Å². The van der Waals surface area contributed by atoms with Crippen LogP contribution in [0.5, 0.6) is 0 Å². The Bertz CT molecular complexity index is 317. The second-order valence-corrected chi connectivity index (χ2v) is 2.68. The van der Waals surface area contributed by atoms with Crippen molar-refractivity contribution in [2.24, 2.45) is 4.99 Å². The normalized spacial score (nSPS) is 11.3. The van der Waals surface area contributed by atoms with Gasteiger partial charge in [-0.15, -0.1) is 0 Å². The van der Waals surface area contributed by atoms with Gasteiger partial charge in [0.15, 0.2) is 0 Å². The lowest BCUT2D eigenvalue weighted by molar-refractivity contribution is 0.407. The summed E-state index contributed by atoms with van der Waals surface area (Å²) >= 11 is 0. The molecule has 3 heteroatoms. The monoisotopic (exact) mass is 176 g/mol. The minimum atomic E-state index is 0.0651. The number of aliphatic imine (C=N–C) groups is 1. The van der Waals surface area contributed by atoms with Crippen LogP contribution in [0.3, 0.4) is 0 Å². The smallest absolute Gasteiger partial charge is 0.106 e. The molecule has 0 fully saturated rings. The van der Waals surface area contributed by atoms with Crippen LogP contribution < -0.4 is 0 Å². The summed E-state index contributed by atoms with van der Waals surface area (Å²) in [7, 11) is 0. The maximum Gasteiger partial charge on any atom is 0.106 e. The van der Waals surface area contributed by atoms with Gasteiger partial charge < -0.3 is 5.11 Å². The Morgan fingerprint density at radius 3 is 2.92 bits per heavy atom. The van der Waals surface area contributed by atoms with Gasteiger partial charge in [0.1, 0.15) is 5.76 Å². The molecule has 0 amide bonds. The fourth-order valence-corrected chi connectivity index (χ4v) is 0.868. The molecule has 1 aromatic heterocycles. The average molecular weight is 176 g/mol. The zero-order valence-electron chi connectivity index (χ0n) is 7.57. The van der Waals surface area contributed by atoms with Crippen LogP contribution >= 0.6 is 0 Å². The van der Waals surface area contributed by atoms with E-state index in [0.717, 1.165) is 11.4 Å². The Morgan fingerprint density at radius 1 is 1.62 bits per heavy atom. The molecule has 0 atom stereocenters. The number of aromatic nitrogens is 1. The van der Waals surface area contributed by atoms with Crippen LogP contribution in [0.2, 0.25) is 0 Å². The first-order chi connectivity index (χ1) is 6.20. The van der Waals surface area contributed by atoms with Gasteiger partial charge in [0, 0.05) is 6.20 Å². The van der Waals surface area contributed by atoms with Crippen LogP contribution in [0, 0.1) is 0 Å². The van der Waals surface area contributed by atoms with Crippen molar-refractivity contribution in [3.63, 3.8) is 0 Å². The first-order valence-electron chi connectivity index (χ1n) is 3.99. The molecule has 0 aliphatic heterocycles. The van der Waals surface area contributed by atoms with Crippen molar-refractivity contribution >= 4 is 5.71 Å². The molecule has 0 bridgehead atoms. The number of pyridine rings is 1. The van der Waals surface area contributed by atoms with Gasteiger partial charge in [0.05, 0.1) is 18.0 Å². The molecule has 0 unspecified atom stereocenters. The fourth-order valence-electron chi connectivity index (χ4n) is 0.868. The molecule has 13 heavy (non-hydrogen) atoms. The Labute approximate surface area is 77.5 Å². The summed E-state index contributed by atoms with van der Waals surface area (Å²) in [5, 5.41) is 8.83. The maximum absolute atomic E-state index is 8.83. The molecular formula is C10H12N2O. The Morgan fingerprint density at radius 2 is 2.38 bits per heavy atom. The van der Waals surface area contributed by atoms with Gasteiger partial charge in [-0.1, -0.05) is 12.6 Å². The molecule has 3 nitrogen and oxygen atoms in total. The molecule has 0 spiro atoms. The maximum atomic E-state index is 8.83. The summed E-state index contributed by atoms with van der Waals surface area (Å²) < 4.78 is 0. The van der Waals surface area contributed by atoms with Gasteiger partial charge >= 0.3 is 0 Å². The molecule has 1 heterocycles. The third kappa shape index (κ3) is 3.07. The van der Waals surface area contributed by atoms with Gasteiger partial charge in [-0.2, -0.15) is 0 Å². The van der Waals surface area contributed by atoms with Crippen LogP contribution in [-0.4, -0.2) is 22.3 Å². The second kappa shape index (κ2) is 4.40. The topological polar surface area (TPSA) is 45.5 Å². The summed E-state index contributed by atoms with van der Waals surface area (Å²) in [6.45, 7) is 5.44. The highest BCUT2D eigenvalue weighted by atomic mass is 16.3. The molecule has 1 N–H and O–H groups in total. The standard InChI is InChI=1S/C10H12N2O/c1-8(13)7-12-9(2)10-5-3-4-6-11-10/h3-6,13H,1,7H2,2H3. The number of hydrogen-bond acceptors (Lipinski definition) is 3. The summed E-state index contributed by atoms with van der Waals surface area (Å²) in [5.41, 5.74) is 1.62. The zero-order chi connectivity index (χ0) is 9.68. The van der Waals surface area contributed by atoms with Crippen LogP contribution in [0.1, 0.15) is 12.6 Å². The summed E-state index contributed by atoms with van der Waals surface area (Å²) in [4.78, 5) is 8.21. The third-order valence-corrected chi connectivity index (χ3v) is 1.53. The molecule has 0 saturated carbocycles. The van der Waals surface area contributed by atoms with Crippen LogP contribution in [0.25, 0.3) is 0 Å². The van der Waals surface area contributed by atoms with E-state index in [1.54, 1.807) is 6.20 Å². The number of rotatable bonds is 3. The Hall–Kier alpha value is -1.64. The van der Waals surface area contributed by atoms with Crippen molar-refractivity contribution in [3.05, 3.63) is 42.4 Å². The first kappa shape index (κ1) is 9.45. The molecule has 68 valence electrons. The van der Waals surface area contributed by atoms with Crippen molar-refractivity contribution in [3.8, 4) is 0 Å². The molecule has 0 radical (unpaired) electrons. The van der Waals surface area contributed by atoms with E-state index in [4.69, 9.17) is 5.11 Å². The van der Waals surface area contributed by atoms with E-state index in [9.17, 15) is 0 Å². The molecule has 1 aromatic rings. The highest BCUT2D eigenvalue weighted by molar-refractivity contribution is 5.96. The lowest BCUT2D eigenvalue weighted by atomic mass is 10.2. The SMILES string of the molecule is C=C(O)CN=C(C)c1ccccn1. The van der Waals surface area contributed by atoms with E-state index < -0.39 is 0 Å². The summed E-state index contributed by atoms with van der Waals surface area (Å²) in [6, 6.07) is 5.62. The largest absolute Gasteiger partial charge is 0.511 e. The predicted octanol–water partition coefficient (Wildman–Crippen LogP) is 1.96. The minimum Gasteiger partial charge on any atom is -0.511 e. The van der Waals surface area contributed by atoms with E-state index in [1.165, 1.54) is 0 Å². The predicted molar refractivity (Wildman–Crippen MR) is 53.1 cm³/mol. The third-order valence-electron chi connectivity index (χ3n) is 1.53.